The van der Waals surface area contributed by atoms with Crippen LogP contribution in [-0.4, -0.2) is 18.0 Å². The third kappa shape index (κ3) is 3.88. The van der Waals surface area contributed by atoms with Crippen molar-refractivity contribution in [3.8, 4) is 0 Å². The second kappa shape index (κ2) is 5.93. The molecule has 0 rings (SSSR count). The van der Waals surface area contributed by atoms with Gasteiger partial charge in [-0.25, -0.2) is 4.39 Å². The third-order valence-electron chi connectivity index (χ3n) is 2.82. The Kier molecular flexibility index (Phi) is 5.68. The molecule has 7 heteroatoms. The third-order valence-corrected chi connectivity index (χ3v) is 2.82. The molecule has 0 radical (unpaired) electrons. The van der Waals surface area contributed by atoms with Crippen molar-refractivity contribution in [3.05, 3.63) is 12.7 Å². The lowest BCUT2D eigenvalue weighted by atomic mass is 9.86. The van der Waals surface area contributed by atoms with Crippen molar-refractivity contribution in [2.75, 3.05) is 0 Å². The van der Waals surface area contributed by atoms with Crippen LogP contribution in [0.3, 0.4) is 0 Å². The molecule has 18 heavy (non-hydrogen) atoms. The Bertz CT molecular complexity index is 250. The van der Waals surface area contributed by atoms with Crippen LogP contribution in [0.1, 0.15) is 32.6 Å². The fraction of sp³-hybridized carbons (Fsp3) is 0.818. The maximum absolute atomic E-state index is 13.4. The maximum Gasteiger partial charge on any atom is 0.431 e. The molecule has 0 aromatic rings. The normalized spacial score (nSPS) is 15.6. The van der Waals surface area contributed by atoms with Gasteiger partial charge >= 0.3 is 12.4 Å². The number of hydrogen-bond acceptors (Lipinski definition) is 0. The summed E-state index contributed by atoms with van der Waals surface area (Å²) in [6, 6.07) is 0. The summed E-state index contributed by atoms with van der Waals surface area (Å²) in [5.41, 5.74) is -5.14. The van der Waals surface area contributed by atoms with Gasteiger partial charge in [0, 0.05) is 6.42 Å². The zero-order chi connectivity index (χ0) is 14.6. The first-order chi connectivity index (χ1) is 7.99. The van der Waals surface area contributed by atoms with Gasteiger partial charge in [0.15, 0.2) is 0 Å². The summed E-state index contributed by atoms with van der Waals surface area (Å²) >= 11 is 0. The van der Waals surface area contributed by atoms with Crippen molar-refractivity contribution in [3.63, 3.8) is 0 Å². The first-order valence-corrected chi connectivity index (χ1v) is 5.42. The Morgan fingerprint density at radius 1 is 1.00 bits per heavy atom. The second-order valence-electron chi connectivity index (χ2n) is 4.14. The van der Waals surface area contributed by atoms with E-state index >= 15 is 0 Å². The van der Waals surface area contributed by atoms with Gasteiger partial charge in [0.1, 0.15) is 0 Å². The lowest BCUT2D eigenvalue weighted by Crippen LogP contribution is -2.54. The second-order valence-corrected chi connectivity index (χ2v) is 4.14. The Hall–Kier alpha value is -0.750. The summed E-state index contributed by atoms with van der Waals surface area (Å²) in [5, 5.41) is 0. The molecule has 0 aliphatic rings. The fourth-order valence-corrected chi connectivity index (χ4v) is 1.59. The van der Waals surface area contributed by atoms with Gasteiger partial charge in [-0.3, -0.25) is 0 Å². The van der Waals surface area contributed by atoms with E-state index in [1.807, 2.05) is 0 Å². The highest BCUT2D eigenvalue weighted by atomic mass is 19.4. The quantitative estimate of drug-likeness (QED) is 0.463. The minimum atomic E-state index is -5.95. The molecule has 0 N–H and O–H groups in total. The van der Waals surface area contributed by atoms with E-state index in [1.165, 1.54) is 13.0 Å². The molecule has 0 saturated carbocycles. The van der Waals surface area contributed by atoms with Crippen molar-refractivity contribution in [2.45, 2.75) is 50.6 Å². The molecular formula is C11H15F7. The van der Waals surface area contributed by atoms with Crippen LogP contribution in [0.4, 0.5) is 30.7 Å². The van der Waals surface area contributed by atoms with Gasteiger partial charge in [0.05, 0.1) is 0 Å². The van der Waals surface area contributed by atoms with E-state index in [-0.39, 0.29) is 19.3 Å². The van der Waals surface area contributed by atoms with Gasteiger partial charge in [-0.15, -0.1) is 6.58 Å². The number of halogens is 7. The van der Waals surface area contributed by atoms with E-state index < -0.39 is 30.4 Å². The van der Waals surface area contributed by atoms with E-state index in [0.29, 0.717) is 0 Å². The number of alkyl halides is 7. The van der Waals surface area contributed by atoms with Crippen molar-refractivity contribution < 1.29 is 30.7 Å². The minimum absolute atomic E-state index is 0.0473. The summed E-state index contributed by atoms with van der Waals surface area (Å²) in [5.74, 6) is -0.990. The maximum atomic E-state index is 13.4. The van der Waals surface area contributed by atoms with Gasteiger partial charge in [0.25, 0.3) is 5.67 Å². The minimum Gasteiger partial charge on any atom is -0.224 e. The Labute approximate surface area is 101 Å². The first kappa shape index (κ1) is 17.2. The SMILES string of the molecule is C=CCCC(CC)CC(F)(C(F)(F)F)C(F)(F)F. The average Bonchev–Trinajstić information content (AvgIpc) is 2.20. The lowest BCUT2D eigenvalue weighted by molar-refractivity contribution is -0.346. The molecule has 0 aliphatic carbocycles. The van der Waals surface area contributed by atoms with E-state index in [4.69, 9.17) is 0 Å². The zero-order valence-corrected chi connectivity index (χ0v) is 9.84. The van der Waals surface area contributed by atoms with Crippen molar-refractivity contribution >= 4 is 0 Å². The van der Waals surface area contributed by atoms with Crippen molar-refractivity contribution in [1.82, 2.24) is 0 Å². The van der Waals surface area contributed by atoms with Crippen molar-refractivity contribution in [2.24, 2.45) is 5.92 Å². The molecule has 0 bridgehead atoms. The smallest absolute Gasteiger partial charge is 0.224 e. The van der Waals surface area contributed by atoms with E-state index in [9.17, 15) is 30.7 Å². The van der Waals surface area contributed by atoms with Crippen LogP contribution >= 0.6 is 0 Å². The predicted molar refractivity (Wildman–Crippen MR) is 53.8 cm³/mol. The molecule has 0 spiro atoms. The van der Waals surface area contributed by atoms with Crippen molar-refractivity contribution in [1.29, 1.82) is 0 Å². The van der Waals surface area contributed by atoms with Crippen LogP contribution in [-0.2, 0) is 0 Å². The number of rotatable bonds is 6. The molecule has 0 saturated heterocycles. The van der Waals surface area contributed by atoms with Crippen LogP contribution in [0, 0.1) is 5.92 Å². The standard InChI is InChI=1S/C11H15F7/c1-3-5-6-8(4-2)7-9(12,10(13,14)15)11(16,17)18/h3,8H,1,4-7H2,2H3. The Morgan fingerprint density at radius 3 is 1.72 bits per heavy atom. The summed E-state index contributed by atoms with van der Waals surface area (Å²) in [6.45, 7) is 4.75. The summed E-state index contributed by atoms with van der Waals surface area (Å²) < 4.78 is 87.2. The molecule has 1 unspecified atom stereocenters. The van der Waals surface area contributed by atoms with E-state index in [0.717, 1.165) is 0 Å². The van der Waals surface area contributed by atoms with Crippen LogP contribution in [0.2, 0.25) is 0 Å². The van der Waals surface area contributed by atoms with Gasteiger partial charge in [-0.05, 0) is 18.8 Å². The molecule has 0 heterocycles. The van der Waals surface area contributed by atoms with Gasteiger partial charge in [0.2, 0.25) is 0 Å². The molecule has 1 atom stereocenters. The molecule has 108 valence electrons. The zero-order valence-electron chi connectivity index (χ0n) is 9.84. The summed E-state index contributed by atoms with van der Waals surface area (Å²) in [7, 11) is 0. The molecular weight excluding hydrogens is 265 g/mol. The topological polar surface area (TPSA) is 0 Å². The van der Waals surface area contributed by atoms with E-state index in [2.05, 4.69) is 6.58 Å². The highest BCUT2D eigenvalue weighted by Crippen LogP contribution is 2.50. The average molecular weight is 280 g/mol. The predicted octanol–water partition coefficient (Wildman–Crippen LogP) is 5.20. The molecule has 0 aromatic heterocycles. The first-order valence-electron chi connectivity index (χ1n) is 5.42. The lowest BCUT2D eigenvalue weighted by Gasteiger charge is -2.32. The number of hydrogen-bond donors (Lipinski definition) is 0. The summed E-state index contributed by atoms with van der Waals surface area (Å²) in [6.07, 6.45) is -11.8. The Morgan fingerprint density at radius 2 is 1.44 bits per heavy atom. The largest absolute Gasteiger partial charge is 0.431 e. The molecule has 0 amide bonds. The van der Waals surface area contributed by atoms with Gasteiger partial charge in [-0.1, -0.05) is 19.4 Å². The Balaban J connectivity index is 5.07. The van der Waals surface area contributed by atoms with Gasteiger partial charge < -0.3 is 0 Å². The molecule has 0 aromatic carbocycles. The molecule has 0 nitrogen and oxygen atoms in total. The van der Waals surface area contributed by atoms with Crippen LogP contribution in [0.15, 0.2) is 12.7 Å². The van der Waals surface area contributed by atoms with Gasteiger partial charge in [-0.2, -0.15) is 26.3 Å². The van der Waals surface area contributed by atoms with Crippen LogP contribution in [0.5, 0.6) is 0 Å². The highest BCUT2D eigenvalue weighted by Gasteiger charge is 2.72. The fourth-order valence-electron chi connectivity index (χ4n) is 1.59. The molecule has 0 aliphatic heterocycles. The highest BCUT2D eigenvalue weighted by molar-refractivity contribution is 4.96. The monoisotopic (exact) mass is 280 g/mol. The van der Waals surface area contributed by atoms with Crippen LogP contribution < -0.4 is 0 Å². The summed E-state index contributed by atoms with van der Waals surface area (Å²) in [4.78, 5) is 0. The van der Waals surface area contributed by atoms with Crippen LogP contribution in [0.25, 0.3) is 0 Å². The number of allylic oxidation sites excluding steroid dienone is 1. The van der Waals surface area contributed by atoms with E-state index in [1.54, 1.807) is 0 Å². The molecule has 0 fully saturated rings.